The van der Waals surface area contributed by atoms with E-state index in [-0.39, 0.29) is 5.78 Å². The summed E-state index contributed by atoms with van der Waals surface area (Å²) < 4.78 is 5.25. The molecular formula is C10H11BO2. The van der Waals surface area contributed by atoms with E-state index < -0.39 is 0 Å². The molecule has 1 aromatic carbocycles. The fraction of sp³-hybridized carbons (Fsp3) is 0.300. The first-order valence-corrected chi connectivity index (χ1v) is 4.18. The van der Waals surface area contributed by atoms with Crippen LogP contribution in [-0.4, -0.2) is 20.2 Å². The molecule has 0 heterocycles. The van der Waals surface area contributed by atoms with Crippen molar-refractivity contribution in [2.45, 2.75) is 13.2 Å². The zero-order valence-electron chi connectivity index (χ0n) is 7.62. The van der Waals surface area contributed by atoms with Gasteiger partial charge in [0.15, 0.2) is 5.78 Å². The fourth-order valence-electron chi connectivity index (χ4n) is 0.963. The number of benzene rings is 1. The summed E-state index contributed by atoms with van der Waals surface area (Å²) in [7, 11) is 5.28. The van der Waals surface area contributed by atoms with Crippen molar-refractivity contribution in [1.82, 2.24) is 0 Å². The maximum atomic E-state index is 10.9. The molecule has 66 valence electrons. The number of ether oxygens (including phenoxy) is 1. The van der Waals surface area contributed by atoms with Crippen LogP contribution in [0.25, 0.3) is 0 Å². The molecule has 2 nitrogen and oxygen atoms in total. The van der Waals surface area contributed by atoms with Crippen LogP contribution in [0.1, 0.15) is 17.3 Å². The summed E-state index contributed by atoms with van der Waals surface area (Å²) >= 11 is 0. The van der Waals surface area contributed by atoms with Gasteiger partial charge >= 0.3 is 0 Å². The van der Waals surface area contributed by atoms with E-state index in [9.17, 15) is 4.79 Å². The van der Waals surface area contributed by atoms with E-state index in [2.05, 4.69) is 0 Å². The first-order valence-electron chi connectivity index (χ1n) is 4.18. The third-order valence-corrected chi connectivity index (χ3v) is 1.65. The molecule has 0 unspecified atom stereocenters. The molecule has 0 aliphatic carbocycles. The van der Waals surface area contributed by atoms with Gasteiger partial charge in [-0.15, -0.1) is 0 Å². The second-order valence-corrected chi connectivity index (χ2v) is 2.72. The summed E-state index contributed by atoms with van der Waals surface area (Å²) in [6, 6.07) is 7.03. The van der Waals surface area contributed by atoms with E-state index in [0.29, 0.717) is 18.5 Å². The quantitative estimate of drug-likeness (QED) is 0.514. The van der Waals surface area contributed by atoms with Gasteiger partial charge in [-0.2, -0.15) is 0 Å². The Hall–Kier alpha value is -1.25. The van der Waals surface area contributed by atoms with Gasteiger partial charge in [0.05, 0.1) is 14.5 Å². The Bertz CT molecular complexity index is 279. The smallest absolute Gasteiger partial charge is 0.159 e. The van der Waals surface area contributed by atoms with Crippen molar-refractivity contribution in [2.75, 3.05) is 6.61 Å². The molecule has 1 rings (SSSR count). The monoisotopic (exact) mass is 174 g/mol. The van der Waals surface area contributed by atoms with Crippen molar-refractivity contribution in [1.29, 1.82) is 0 Å². The zero-order valence-corrected chi connectivity index (χ0v) is 7.62. The Morgan fingerprint density at radius 2 is 2.00 bits per heavy atom. The van der Waals surface area contributed by atoms with Gasteiger partial charge in [-0.3, -0.25) is 4.79 Å². The molecule has 2 radical (unpaired) electrons. The molecule has 0 spiro atoms. The van der Waals surface area contributed by atoms with Crippen LogP contribution in [0.3, 0.4) is 0 Å². The molecule has 1 aromatic rings. The number of carbonyl (C=O) groups excluding carboxylic acids is 1. The Morgan fingerprint density at radius 1 is 1.38 bits per heavy atom. The van der Waals surface area contributed by atoms with E-state index in [4.69, 9.17) is 12.6 Å². The predicted octanol–water partition coefficient (Wildman–Crippen LogP) is 1.85. The normalized spacial score (nSPS) is 9.62. The fourth-order valence-corrected chi connectivity index (χ4v) is 0.963. The van der Waals surface area contributed by atoms with E-state index >= 15 is 0 Å². The van der Waals surface area contributed by atoms with E-state index in [1.165, 1.54) is 6.92 Å². The minimum atomic E-state index is 0.0605. The van der Waals surface area contributed by atoms with Crippen LogP contribution in [0.15, 0.2) is 24.3 Å². The molecule has 13 heavy (non-hydrogen) atoms. The van der Waals surface area contributed by atoms with Gasteiger partial charge in [0, 0.05) is 5.56 Å². The number of hydrogen-bond donors (Lipinski definition) is 0. The lowest BCUT2D eigenvalue weighted by atomic mass is 10.1. The highest BCUT2D eigenvalue weighted by atomic mass is 16.5. The predicted molar refractivity (Wildman–Crippen MR) is 52.5 cm³/mol. The molecule has 0 atom stereocenters. The molecule has 0 aliphatic heterocycles. The van der Waals surface area contributed by atoms with E-state index in [1.807, 2.05) is 0 Å². The minimum Gasteiger partial charge on any atom is -0.494 e. The Labute approximate surface area is 79.3 Å². The lowest BCUT2D eigenvalue weighted by Gasteiger charge is -2.04. The Balaban J connectivity index is 2.64. The van der Waals surface area contributed by atoms with Crippen LogP contribution in [0.2, 0.25) is 6.32 Å². The van der Waals surface area contributed by atoms with Gasteiger partial charge in [0.25, 0.3) is 0 Å². The van der Waals surface area contributed by atoms with Gasteiger partial charge in [-0.05, 0) is 31.2 Å². The highest BCUT2D eigenvalue weighted by molar-refractivity contribution is 6.08. The first-order chi connectivity index (χ1) is 6.24. The van der Waals surface area contributed by atoms with Gasteiger partial charge in [0.1, 0.15) is 5.75 Å². The molecule has 0 aliphatic rings. The van der Waals surface area contributed by atoms with Crippen LogP contribution in [0.5, 0.6) is 5.75 Å². The summed E-state index contributed by atoms with van der Waals surface area (Å²) in [4.78, 5) is 10.9. The van der Waals surface area contributed by atoms with Crippen LogP contribution in [0.4, 0.5) is 0 Å². The molecule has 0 saturated carbocycles. The molecule has 0 amide bonds. The van der Waals surface area contributed by atoms with Crippen molar-refractivity contribution in [3.8, 4) is 5.75 Å². The maximum absolute atomic E-state index is 10.9. The van der Waals surface area contributed by atoms with Crippen LogP contribution >= 0.6 is 0 Å². The molecule has 0 bridgehead atoms. The average Bonchev–Trinajstić information content (AvgIpc) is 2.15. The zero-order chi connectivity index (χ0) is 9.68. The third-order valence-electron chi connectivity index (χ3n) is 1.65. The lowest BCUT2D eigenvalue weighted by Crippen LogP contribution is -1.96. The van der Waals surface area contributed by atoms with Crippen LogP contribution < -0.4 is 4.74 Å². The van der Waals surface area contributed by atoms with Crippen molar-refractivity contribution in [2.24, 2.45) is 0 Å². The van der Waals surface area contributed by atoms with Crippen LogP contribution in [-0.2, 0) is 0 Å². The second-order valence-electron chi connectivity index (χ2n) is 2.72. The molecular weight excluding hydrogens is 163 g/mol. The SMILES string of the molecule is [B]CCOc1ccc(C(C)=O)cc1. The van der Waals surface area contributed by atoms with Gasteiger partial charge in [0.2, 0.25) is 0 Å². The number of carbonyl (C=O) groups is 1. The largest absolute Gasteiger partial charge is 0.494 e. The molecule has 0 fully saturated rings. The molecule has 0 N–H and O–H groups in total. The van der Waals surface area contributed by atoms with Crippen LogP contribution in [0, 0.1) is 0 Å². The first kappa shape index (κ1) is 9.84. The average molecular weight is 174 g/mol. The second kappa shape index (κ2) is 4.70. The third kappa shape index (κ3) is 2.94. The van der Waals surface area contributed by atoms with E-state index in [1.54, 1.807) is 24.3 Å². The maximum Gasteiger partial charge on any atom is 0.159 e. The van der Waals surface area contributed by atoms with E-state index in [0.717, 1.165) is 5.75 Å². The highest BCUT2D eigenvalue weighted by Crippen LogP contribution is 2.12. The molecule has 3 heteroatoms. The summed E-state index contributed by atoms with van der Waals surface area (Å²) in [5, 5.41) is 0. The van der Waals surface area contributed by atoms with Gasteiger partial charge in [-0.1, -0.05) is 6.32 Å². The Kier molecular flexibility index (Phi) is 3.56. The van der Waals surface area contributed by atoms with Crippen molar-refractivity contribution >= 4 is 13.6 Å². The number of Topliss-reactive ketones (excluding diaryl/α,β-unsaturated/α-hetero) is 1. The standard InChI is InChI=1S/C10H11BO2/c1-8(12)9-2-4-10(5-3-9)13-7-6-11/h2-5H,6-7H2,1H3. The lowest BCUT2D eigenvalue weighted by molar-refractivity contribution is 0.101. The van der Waals surface area contributed by atoms with Gasteiger partial charge in [-0.25, -0.2) is 0 Å². The van der Waals surface area contributed by atoms with Crippen molar-refractivity contribution in [3.05, 3.63) is 29.8 Å². The van der Waals surface area contributed by atoms with Crippen molar-refractivity contribution in [3.63, 3.8) is 0 Å². The number of ketones is 1. The topological polar surface area (TPSA) is 26.3 Å². The summed E-state index contributed by atoms with van der Waals surface area (Å²) in [5.74, 6) is 0.806. The Morgan fingerprint density at radius 3 is 2.46 bits per heavy atom. The number of hydrogen-bond acceptors (Lipinski definition) is 2. The summed E-state index contributed by atoms with van der Waals surface area (Å²) in [6.07, 6.45) is 0.495. The number of rotatable bonds is 4. The summed E-state index contributed by atoms with van der Waals surface area (Å²) in [6.45, 7) is 2.04. The van der Waals surface area contributed by atoms with Gasteiger partial charge < -0.3 is 4.74 Å². The molecule has 0 aromatic heterocycles. The molecule has 0 saturated heterocycles. The highest BCUT2D eigenvalue weighted by Gasteiger charge is 1.98. The minimum absolute atomic E-state index is 0.0605. The van der Waals surface area contributed by atoms with Crippen molar-refractivity contribution < 1.29 is 9.53 Å². The summed E-state index contributed by atoms with van der Waals surface area (Å²) in [5.41, 5.74) is 0.695.